The lowest BCUT2D eigenvalue weighted by Gasteiger charge is -2.24. The molecule has 0 aromatic carbocycles. The van der Waals surface area contributed by atoms with Crippen LogP contribution in [-0.4, -0.2) is 23.3 Å². The molecule has 1 fully saturated rings. The zero-order chi connectivity index (χ0) is 15.4. The third kappa shape index (κ3) is 5.49. The molecule has 0 aromatic rings. The number of rotatable bonds is 8. The van der Waals surface area contributed by atoms with E-state index in [-0.39, 0.29) is 11.6 Å². The predicted octanol–water partition coefficient (Wildman–Crippen LogP) is 4.18. The molecule has 1 saturated heterocycles. The molecule has 1 aliphatic rings. The first-order valence-corrected chi connectivity index (χ1v) is 7.35. The fraction of sp³-hybridized carbons (Fsp3) is 0.706. The van der Waals surface area contributed by atoms with Gasteiger partial charge in [-0.1, -0.05) is 18.2 Å². The lowest BCUT2D eigenvalue weighted by atomic mass is 9.97. The van der Waals surface area contributed by atoms with Gasteiger partial charge in [-0.05, 0) is 59.5 Å². The summed E-state index contributed by atoms with van der Waals surface area (Å²) in [6.07, 6.45) is 8.13. The Morgan fingerprint density at radius 1 is 1.45 bits per heavy atom. The first kappa shape index (κ1) is 17.0. The molecule has 20 heavy (non-hydrogen) atoms. The van der Waals surface area contributed by atoms with Gasteiger partial charge in [-0.25, -0.2) is 0 Å². The van der Waals surface area contributed by atoms with E-state index in [0.717, 1.165) is 25.7 Å². The summed E-state index contributed by atoms with van der Waals surface area (Å²) in [5, 5.41) is 0. The molecular weight excluding hydrogens is 252 g/mol. The molecule has 0 saturated carbocycles. The predicted molar refractivity (Wildman–Crippen MR) is 81.5 cm³/mol. The zero-order valence-electron chi connectivity index (χ0n) is 13.5. The van der Waals surface area contributed by atoms with Crippen molar-refractivity contribution in [2.24, 2.45) is 0 Å². The molecule has 0 aliphatic carbocycles. The van der Waals surface area contributed by atoms with Crippen LogP contribution in [-0.2, 0) is 14.3 Å². The van der Waals surface area contributed by atoms with Crippen molar-refractivity contribution in [3.05, 3.63) is 24.3 Å². The van der Waals surface area contributed by atoms with Crippen LogP contribution in [0.25, 0.3) is 0 Å². The Bertz CT molecular complexity index is 395. The van der Waals surface area contributed by atoms with Crippen molar-refractivity contribution in [3.63, 3.8) is 0 Å². The second-order valence-electron chi connectivity index (χ2n) is 6.45. The average Bonchev–Trinajstić information content (AvgIpc) is 2.93. The first-order chi connectivity index (χ1) is 9.18. The maximum absolute atomic E-state index is 11.1. The molecule has 3 nitrogen and oxygen atoms in total. The largest absolute Gasteiger partial charge is 0.455 e. The topological polar surface area (TPSA) is 38.8 Å². The van der Waals surface area contributed by atoms with Crippen LogP contribution in [0.2, 0.25) is 0 Å². The maximum Gasteiger partial charge on any atom is 0.303 e. The minimum atomic E-state index is -0.565. The zero-order valence-corrected chi connectivity index (χ0v) is 13.5. The monoisotopic (exact) mass is 280 g/mol. The summed E-state index contributed by atoms with van der Waals surface area (Å²) < 4.78 is 10.9. The number of epoxide rings is 1. The van der Waals surface area contributed by atoms with E-state index in [0.29, 0.717) is 6.10 Å². The van der Waals surface area contributed by atoms with Crippen LogP contribution in [0.3, 0.4) is 0 Å². The summed E-state index contributed by atoms with van der Waals surface area (Å²) in [5.41, 5.74) is 0.881. The Morgan fingerprint density at radius 3 is 2.50 bits per heavy atom. The van der Waals surface area contributed by atoms with Crippen molar-refractivity contribution >= 4 is 5.97 Å². The van der Waals surface area contributed by atoms with Crippen LogP contribution < -0.4 is 0 Å². The van der Waals surface area contributed by atoms with Gasteiger partial charge < -0.3 is 9.47 Å². The second-order valence-corrected chi connectivity index (χ2v) is 6.45. The van der Waals surface area contributed by atoms with Crippen LogP contribution in [0.15, 0.2) is 24.3 Å². The Hall–Kier alpha value is -1.09. The fourth-order valence-corrected chi connectivity index (χ4v) is 2.33. The van der Waals surface area contributed by atoms with Crippen molar-refractivity contribution in [3.8, 4) is 0 Å². The van der Waals surface area contributed by atoms with Crippen molar-refractivity contribution in [1.29, 1.82) is 0 Å². The van der Waals surface area contributed by atoms with Crippen LogP contribution in [0.1, 0.15) is 60.3 Å². The molecule has 0 N–H and O–H groups in total. The highest BCUT2D eigenvalue weighted by Gasteiger charge is 2.46. The highest BCUT2D eigenvalue weighted by molar-refractivity contribution is 5.66. The van der Waals surface area contributed by atoms with Crippen molar-refractivity contribution in [2.75, 3.05) is 0 Å². The molecule has 1 heterocycles. The van der Waals surface area contributed by atoms with Gasteiger partial charge in [0.1, 0.15) is 5.60 Å². The molecule has 0 bridgehead atoms. The number of carbonyl (C=O) groups is 1. The summed E-state index contributed by atoms with van der Waals surface area (Å²) >= 11 is 0. The van der Waals surface area contributed by atoms with E-state index < -0.39 is 5.60 Å². The van der Waals surface area contributed by atoms with Crippen molar-refractivity contribution in [2.45, 2.75) is 77.6 Å². The molecule has 1 rings (SSSR count). The summed E-state index contributed by atoms with van der Waals surface area (Å²) in [4.78, 5) is 11.1. The molecule has 3 heteroatoms. The highest BCUT2D eigenvalue weighted by Crippen LogP contribution is 2.38. The Morgan fingerprint density at radius 2 is 2.05 bits per heavy atom. The van der Waals surface area contributed by atoms with Crippen LogP contribution in [0.4, 0.5) is 0 Å². The molecule has 0 aromatic heterocycles. The number of carbonyl (C=O) groups excluding carboxylic acids is 1. The standard InChI is InChI=1S/C17H28O3/c1-7-17(6,19-14(3)18)12-8-9-13(2)10-11-15-16(4,5)20-15/h7,9,15H,1,8,10-12H2,2-6H3/b13-9+. The van der Waals surface area contributed by atoms with Crippen LogP contribution in [0.5, 0.6) is 0 Å². The SMILES string of the molecule is C=CC(C)(CC/C=C(\C)CCC1OC1(C)C)OC(C)=O. The fourth-order valence-electron chi connectivity index (χ4n) is 2.33. The van der Waals surface area contributed by atoms with E-state index in [4.69, 9.17) is 9.47 Å². The molecule has 1 aliphatic heterocycles. The average molecular weight is 280 g/mol. The van der Waals surface area contributed by atoms with E-state index in [1.54, 1.807) is 6.08 Å². The molecular formula is C17H28O3. The van der Waals surface area contributed by atoms with E-state index >= 15 is 0 Å². The molecule has 0 spiro atoms. The van der Waals surface area contributed by atoms with Crippen molar-refractivity contribution in [1.82, 2.24) is 0 Å². The normalized spacial score (nSPS) is 23.9. The minimum absolute atomic E-state index is 0.0804. The van der Waals surface area contributed by atoms with Gasteiger partial charge in [-0.2, -0.15) is 0 Å². The second kappa shape index (κ2) is 6.57. The summed E-state index contributed by atoms with van der Waals surface area (Å²) in [6.45, 7) is 13.5. The molecule has 0 radical (unpaired) electrons. The van der Waals surface area contributed by atoms with Crippen molar-refractivity contribution < 1.29 is 14.3 Å². The van der Waals surface area contributed by atoms with Gasteiger partial charge in [0.25, 0.3) is 0 Å². The number of hydrogen-bond acceptors (Lipinski definition) is 3. The lowest BCUT2D eigenvalue weighted by molar-refractivity contribution is -0.151. The smallest absolute Gasteiger partial charge is 0.303 e. The quantitative estimate of drug-likeness (QED) is 0.380. The van der Waals surface area contributed by atoms with E-state index in [1.165, 1.54) is 12.5 Å². The van der Waals surface area contributed by atoms with Gasteiger partial charge in [-0.15, -0.1) is 0 Å². The third-order valence-corrected chi connectivity index (χ3v) is 3.91. The number of hydrogen-bond donors (Lipinski definition) is 0. The van der Waals surface area contributed by atoms with Crippen LogP contribution in [0, 0.1) is 0 Å². The Labute approximate surface area is 123 Å². The van der Waals surface area contributed by atoms with E-state index in [2.05, 4.69) is 33.4 Å². The molecule has 114 valence electrons. The minimum Gasteiger partial charge on any atom is -0.455 e. The van der Waals surface area contributed by atoms with Gasteiger partial charge in [0.15, 0.2) is 0 Å². The van der Waals surface area contributed by atoms with Gasteiger partial charge in [0.2, 0.25) is 0 Å². The van der Waals surface area contributed by atoms with E-state index in [1.807, 2.05) is 6.92 Å². The van der Waals surface area contributed by atoms with Crippen LogP contribution >= 0.6 is 0 Å². The van der Waals surface area contributed by atoms with Gasteiger partial charge >= 0.3 is 5.97 Å². The summed E-state index contributed by atoms with van der Waals surface area (Å²) in [6, 6.07) is 0. The maximum atomic E-state index is 11.1. The summed E-state index contributed by atoms with van der Waals surface area (Å²) in [7, 11) is 0. The Balaban J connectivity index is 2.31. The Kier molecular flexibility index (Phi) is 5.58. The molecule has 2 atom stereocenters. The number of esters is 1. The number of allylic oxidation sites excluding steroid dienone is 2. The first-order valence-electron chi connectivity index (χ1n) is 7.35. The summed E-state index contributed by atoms with van der Waals surface area (Å²) in [5.74, 6) is -0.263. The third-order valence-electron chi connectivity index (χ3n) is 3.91. The molecule has 2 unspecified atom stereocenters. The van der Waals surface area contributed by atoms with E-state index in [9.17, 15) is 4.79 Å². The number of ether oxygens (including phenoxy) is 2. The molecule has 0 amide bonds. The van der Waals surface area contributed by atoms with Gasteiger partial charge in [0, 0.05) is 6.92 Å². The van der Waals surface area contributed by atoms with Gasteiger partial charge in [0.05, 0.1) is 11.7 Å². The van der Waals surface area contributed by atoms with Gasteiger partial charge in [-0.3, -0.25) is 4.79 Å². The lowest BCUT2D eigenvalue weighted by Crippen LogP contribution is -2.27. The highest BCUT2D eigenvalue weighted by atomic mass is 16.6.